The molecule has 3 aromatic heterocycles. The smallest absolute Gasteiger partial charge is 0.343 e. The number of fused-ring (bicyclic) bond motifs is 5. The summed E-state index contributed by atoms with van der Waals surface area (Å²) in [6.45, 7) is 3.40. The Labute approximate surface area is 240 Å². The van der Waals surface area contributed by atoms with E-state index in [1.807, 2.05) is 12.1 Å². The van der Waals surface area contributed by atoms with Gasteiger partial charge in [-0.15, -0.1) is 0 Å². The largest absolute Gasteiger partial charge is 0.458 e. The van der Waals surface area contributed by atoms with E-state index in [4.69, 9.17) is 21.3 Å². The molecule has 2 aliphatic rings. The van der Waals surface area contributed by atoms with Crippen molar-refractivity contribution in [1.29, 1.82) is 0 Å². The van der Waals surface area contributed by atoms with Crippen LogP contribution in [0.5, 0.6) is 0 Å². The first-order chi connectivity index (χ1) is 20.0. The van der Waals surface area contributed by atoms with E-state index in [0.29, 0.717) is 45.1 Å². The molecule has 1 aromatic carbocycles. The molecule has 0 aliphatic carbocycles. The van der Waals surface area contributed by atoms with Gasteiger partial charge < -0.3 is 30.5 Å². The molecule has 216 valence electrons. The number of nitrogens with zero attached hydrogens (tertiary/aromatic N) is 4. The number of benzene rings is 1. The van der Waals surface area contributed by atoms with Crippen molar-refractivity contribution in [1.82, 2.24) is 19.5 Å². The molecule has 0 radical (unpaired) electrons. The van der Waals surface area contributed by atoms with Crippen LogP contribution in [0.1, 0.15) is 46.9 Å². The number of ether oxygens (including phenoxy) is 1. The van der Waals surface area contributed by atoms with Crippen molar-refractivity contribution >= 4 is 28.4 Å². The molecule has 6 N–H and O–H groups in total. The second kappa shape index (κ2) is 9.93. The molecule has 4 aromatic rings. The van der Waals surface area contributed by atoms with Crippen LogP contribution in [0.25, 0.3) is 28.0 Å². The number of hydrogen-bond donors (Lipinski definition) is 4. The van der Waals surface area contributed by atoms with Gasteiger partial charge in [0.25, 0.3) is 5.56 Å². The fraction of sp³-hybridized carbons (Fsp3) is 0.267. The summed E-state index contributed by atoms with van der Waals surface area (Å²) >= 11 is 0. The van der Waals surface area contributed by atoms with Crippen molar-refractivity contribution in [3.63, 3.8) is 0 Å². The monoisotopic (exact) mass is 571 g/mol. The summed E-state index contributed by atoms with van der Waals surface area (Å²) in [5.41, 5.74) is 8.42. The van der Waals surface area contributed by atoms with Gasteiger partial charge in [-0.3, -0.25) is 4.79 Å². The third-order valence-corrected chi connectivity index (χ3v) is 8.03. The van der Waals surface area contributed by atoms with Crippen LogP contribution >= 0.6 is 0 Å². The summed E-state index contributed by atoms with van der Waals surface area (Å²) in [5.74, 6) is 5.88. The second-order valence-corrected chi connectivity index (χ2v) is 10.6. The molecule has 0 spiro atoms. The average Bonchev–Trinajstić information content (AvgIpc) is 3.35. The number of cyclic esters (lactones) is 1. The molecule has 0 saturated heterocycles. The van der Waals surface area contributed by atoms with Crippen LogP contribution in [0.15, 0.2) is 47.4 Å². The molecule has 2 aliphatic heterocycles. The predicted octanol–water partition coefficient (Wildman–Crippen LogP) is 2.60. The average molecular weight is 572 g/mol. The molecule has 5 heterocycles. The molecule has 0 unspecified atom stereocenters. The lowest BCUT2D eigenvalue weighted by molar-refractivity contribution is -0.172. The number of rotatable bonds is 6. The van der Waals surface area contributed by atoms with Crippen molar-refractivity contribution in [3.05, 3.63) is 92.3 Å². The standard InChI is InChI=1S/C30H30FN7O4/c1-4-30(41)20-9-25-27-18(12-38(25)28(39)19(20)14-42-29(30)40)17(16-8-15(2)21(31)10-24(16)36-27)11-37(33)13-22(32)23-6-5-7-26(34-3)35-23/h5-10,13,41H,4,11-12,14,32-33H2,1-3H3,(H,34,35)/b22-13-/t30-/m0/s1. The molecule has 0 saturated carbocycles. The number of anilines is 1. The number of aryl methyl sites for hydroxylation is 1. The SMILES string of the molecule is CC[C@@]1(O)C(=O)OCc2c1cc1n(c2=O)Cc2c-1nc1cc(F)c(C)cc1c2CN(N)/C=C(\N)c1cccc(NC)n1. The van der Waals surface area contributed by atoms with Gasteiger partial charge in [-0.05, 0) is 48.7 Å². The van der Waals surface area contributed by atoms with Gasteiger partial charge in [0.2, 0.25) is 0 Å². The van der Waals surface area contributed by atoms with Crippen LogP contribution in [0.2, 0.25) is 0 Å². The van der Waals surface area contributed by atoms with E-state index in [1.165, 1.54) is 15.6 Å². The first-order valence-corrected chi connectivity index (χ1v) is 13.5. The highest BCUT2D eigenvalue weighted by Crippen LogP contribution is 2.40. The predicted molar refractivity (Wildman–Crippen MR) is 155 cm³/mol. The highest BCUT2D eigenvalue weighted by Gasteiger charge is 2.45. The van der Waals surface area contributed by atoms with Crippen molar-refractivity contribution < 1.29 is 19.0 Å². The van der Waals surface area contributed by atoms with Gasteiger partial charge in [-0.2, -0.15) is 0 Å². The number of halogens is 1. The lowest BCUT2D eigenvalue weighted by atomic mass is 9.86. The Bertz CT molecular complexity index is 1890. The van der Waals surface area contributed by atoms with Crippen LogP contribution in [-0.4, -0.2) is 37.7 Å². The Morgan fingerprint density at radius 3 is 2.79 bits per heavy atom. The highest BCUT2D eigenvalue weighted by molar-refractivity contribution is 5.89. The summed E-state index contributed by atoms with van der Waals surface area (Å²) in [6.07, 6.45) is 1.59. The quantitative estimate of drug-likeness (QED) is 0.135. The second-order valence-electron chi connectivity index (χ2n) is 10.6. The van der Waals surface area contributed by atoms with E-state index < -0.39 is 17.4 Å². The number of nitrogens with one attached hydrogen (secondary N) is 1. The van der Waals surface area contributed by atoms with Gasteiger partial charge in [-0.1, -0.05) is 13.0 Å². The molecule has 11 nitrogen and oxygen atoms in total. The van der Waals surface area contributed by atoms with Crippen LogP contribution in [0.4, 0.5) is 10.2 Å². The summed E-state index contributed by atoms with van der Waals surface area (Å²) in [7, 11) is 1.76. The summed E-state index contributed by atoms with van der Waals surface area (Å²) in [5, 5.41) is 16.2. The van der Waals surface area contributed by atoms with E-state index in [-0.39, 0.29) is 42.8 Å². The van der Waals surface area contributed by atoms with Crippen LogP contribution in [0.3, 0.4) is 0 Å². The maximum atomic E-state index is 14.7. The Morgan fingerprint density at radius 2 is 2.05 bits per heavy atom. The number of hydrazine groups is 1. The van der Waals surface area contributed by atoms with Crippen molar-refractivity contribution in [2.45, 2.75) is 45.6 Å². The zero-order valence-corrected chi connectivity index (χ0v) is 23.4. The lowest BCUT2D eigenvalue weighted by Crippen LogP contribution is -2.44. The van der Waals surface area contributed by atoms with Gasteiger partial charge >= 0.3 is 5.97 Å². The van der Waals surface area contributed by atoms with Gasteiger partial charge in [0.05, 0.1) is 46.9 Å². The number of hydrogen-bond acceptors (Lipinski definition) is 10. The third-order valence-electron chi connectivity index (χ3n) is 8.03. The molecule has 0 bridgehead atoms. The zero-order valence-electron chi connectivity index (χ0n) is 23.4. The van der Waals surface area contributed by atoms with Gasteiger partial charge in [0.15, 0.2) is 5.60 Å². The van der Waals surface area contributed by atoms with Crippen molar-refractivity contribution in [3.8, 4) is 11.4 Å². The number of aliphatic hydroxyl groups is 1. The summed E-state index contributed by atoms with van der Waals surface area (Å²) < 4.78 is 21.4. The topological polar surface area (TPSA) is 162 Å². The van der Waals surface area contributed by atoms with E-state index in [1.54, 1.807) is 45.3 Å². The molecule has 0 fully saturated rings. The molecule has 42 heavy (non-hydrogen) atoms. The molecular formula is C30H30FN7O4. The number of esters is 1. The Hall–Kier alpha value is -4.81. The third kappa shape index (κ3) is 4.18. The van der Waals surface area contributed by atoms with E-state index in [2.05, 4.69) is 10.3 Å². The first kappa shape index (κ1) is 27.4. The van der Waals surface area contributed by atoms with Crippen LogP contribution in [-0.2, 0) is 34.8 Å². The van der Waals surface area contributed by atoms with Crippen LogP contribution in [0, 0.1) is 12.7 Å². The number of carbonyl (C=O) groups excluding carboxylic acids is 1. The summed E-state index contributed by atoms with van der Waals surface area (Å²) in [6, 6.07) is 10.1. The normalized spacial score (nSPS) is 17.5. The Morgan fingerprint density at radius 1 is 1.26 bits per heavy atom. The first-order valence-electron chi connectivity index (χ1n) is 13.5. The van der Waals surface area contributed by atoms with Gasteiger partial charge in [0, 0.05) is 35.8 Å². The lowest BCUT2D eigenvalue weighted by Gasteiger charge is -2.31. The molecule has 0 amide bonds. The number of aromatic nitrogens is 3. The molecule has 6 rings (SSSR count). The maximum absolute atomic E-state index is 14.7. The molecule has 1 atom stereocenters. The number of nitrogens with two attached hydrogens (primary N) is 2. The number of carbonyl (C=O) groups is 1. The van der Waals surface area contributed by atoms with Crippen LogP contribution < -0.4 is 22.5 Å². The van der Waals surface area contributed by atoms with E-state index >= 15 is 0 Å². The number of pyridine rings is 3. The van der Waals surface area contributed by atoms with Crippen molar-refractivity contribution in [2.24, 2.45) is 11.6 Å². The Kier molecular flexibility index (Phi) is 6.47. The zero-order chi connectivity index (χ0) is 29.9. The fourth-order valence-corrected chi connectivity index (χ4v) is 5.68. The molecule has 12 heteroatoms. The van der Waals surface area contributed by atoms with E-state index in [0.717, 1.165) is 11.1 Å². The van der Waals surface area contributed by atoms with Gasteiger partial charge in [-0.25, -0.2) is 25.0 Å². The molecular weight excluding hydrogens is 541 g/mol. The maximum Gasteiger partial charge on any atom is 0.343 e. The summed E-state index contributed by atoms with van der Waals surface area (Å²) in [4.78, 5) is 35.4. The van der Waals surface area contributed by atoms with E-state index in [9.17, 15) is 19.1 Å². The minimum Gasteiger partial charge on any atom is -0.458 e. The Balaban J connectivity index is 1.51. The minimum absolute atomic E-state index is 0.0252. The highest BCUT2D eigenvalue weighted by atomic mass is 19.1. The fourth-order valence-electron chi connectivity index (χ4n) is 5.68. The van der Waals surface area contributed by atoms with Crippen molar-refractivity contribution in [2.75, 3.05) is 12.4 Å². The van der Waals surface area contributed by atoms with Gasteiger partial charge in [0.1, 0.15) is 18.2 Å². The minimum atomic E-state index is -1.96.